The standard InChI is InChI=1S/C18H18FN5O4/c1-10-15(20-17(25)16-14(18(26)27)8-23(3)22-16)11(2)24(21-10)9-28-13-6-4-5-12(19)7-13/h4-8H,9H2,1-3H3,(H,20,25)(H,26,27). The molecule has 0 saturated carbocycles. The summed E-state index contributed by atoms with van der Waals surface area (Å²) in [6.07, 6.45) is 1.26. The van der Waals surface area contributed by atoms with Gasteiger partial charge in [0.25, 0.3) is 5.91 Å². The number of amides is 1. The predicted molar refractivity (Wildman–Crippen MR) is 96.8 cm³/mol. The van der Waals surface area contributed by atoms with Crippen LogP contribution < -0.4 is 10.1 Å². The zero-order valence-electron chi connectivity index (χ0n) is 15.4. The Bertz CT molecular complexity index is 1060. The molecule has 0 bridgehead atoms. The van der Waals surface area contributed by atoms with E-state index >= 15 is 0 Å². The van der Waals surface area contributed by atoms with Gasteiger partial charge in [-0.05, 0) is 26.0 Å². The number of nitrogens with zero attached hydrogens (tertiary/aromatic N) is 4. The number of aromatic carboxylic acids is 1. The summed E-state index contributed by atoms with van der Waals surface area (Å²) in [6.45, 7) is 3.43. The van der Waals surface area contributed by atoms with E-state index < -0.39 is 17.7 Å². The minimum atomic E-state index is -1.24. The Kier molecular flexibility index (Phi) is 5.12. The van der Waals surface area contributed by atoms with Gasteiger partial charge < -0.3 is 15.2 Å². The molecule has 146 valence electrons. The first kappa shape index (κ1) is 19.1. The Hall–Kier alpha value is -3.69. The van der Waals surface area contributed by atoms with Gasteiger partial charge >= 0.3 is 5.97 Å². The molecule has 0 aliphatic rings. The van der Waals surface area contributed by atoms with Crippen molar-refractivity contribution in [2.75, 3.05) is 5.32 Å². The third-order valence-corrected chi connectivity index (χ3v) is 4.04. The van der Waals surface area contributed by atoms with Crippen molar-refractivity contribution in [1.82, 2.24) is 19.6 Å². The van der Waals surface area contributed by atoms with E-state index in [2.05, 4.69) is 15.5 Å². The number of rotatable bonds is 6. The van der Waals surface area contributed by atoms with Gasteiger partial charge in [0, 0.05) is 19.3 Å². The van der Waals surface area contributed by atoms with Gasteiger partial charge in [-0.15, -0.1) is 0 Å². The van der Waals surface area contributed by atoms with Crippen molar-refractivity contribution >= 4 is 17.6 Å². The van der Waals surface area contributed by atoms with Crippen LogP contribution in [0.15, 0.2) is 30.5 Å². The Morgan fingerprint density at radius 2 is 2.04 bits per heavy atom. The number of aryl methyl sites for hydroxylation is 2. The molecule has 28 heavy (non-hydrogen) atoms. The molecule has 2 N–H and O–H groups in total. The zero-order valence-corrected chi connectivity index (χ0v) is 15.4. The second kappa shape index (κ2) is 7.51. The molecule has 1 amide bonds. The van der Waals surface area contributed by atoms with E-state index in [1.165, 1.54) is 40.8 Å². The molecule has 10 heteroatoms. The van der Waals surface area contributed by atoms with Crippen LogP contribution in [0.4, 0.5) is 10.1 Å². The fraction of sp³-hybridized carbons (Fsp3) is 0.222. The van der Waals surface area contributed by atoms with Crippen molar-refractivity contribution in [3.8, 4) is 5.75 Å². The van der Waals surface area contributed by atoms with E-state index in [1.54, 1.807) is 19.9 Å². The lowest BCUT2D eigenvalue weighted by Gasteiger charge is -2.09. The summed E-state index contributed by atoms with van der Waals surface area (Å²) in [5, 5.41) is 20.1. The molecule has 0 radical (unpaired) electrons. The Balaban J connectivity index is 1.78. The maximum absolute atomic E-state index is 13.2. The van der Waals surface area contributed by atoms with Gasteiger partial charge in [0.05, 0.1) is 17.1 Å². The molecule has 0 saturated heterocycles. The molecule has 0 aliphatic carbocycles. The molecule has 1 aromatic carbocycles. The molecule has 3 rings (SSSR count). The topological polar surface area (TPSA) is 111 Å². The predicted octanol–water partition coefficient (Wildman–Crippen LogP) is 2.36. The van der Waals surface area contributed by atoms with Crippen LogP contribution in [0.2, 0.25) is 0 Å². The molecular weight excluding hydrogens is 369 g/mol. The molecule has 0 unspecified atom stereocenters. The second-order valence-electron chi connectivity index (χ2n) is 6.10. The zero-order chi connectivity index (χ0) is 20.4. The summed E-state index contributed by atoms with van der Waals surface area (Å²) in [5.74, 6) is -1.97. The van der Waals surface area contributed by atoms with E-state index in [0.717, 1.165) is 0 Å². The van der Waals surface area contributed by atoms with Gasteiger partial charge in [0.1, 0.15) is 17.1 Å². The number of carbonyl (C=O) groups excluding carboxylic acids is 1. The largest absolute Gasteiger partial charge is 0.478 e. The number of carbonyl (C=O) groups is 2. The number of benzene rings is 1. The van der Waals surface area contributed by atoms with Crippen molar-refractivity contribution in [2.45, 2.75) is 20.6 Å². The summed E-state index contributed by atoms with van der Waals surface area (Å²) in [5.41, 5.74) is 1.14. The van der Waals surface area contributed by atoms with E-state index in [-0.39, 0.29) is 18.0 Å². The summed E-state index contributed by atoms with van der Waals surface area (Å²) in [4.78, 5) is 23.8. The smallest absolute Gasteiger partial charge is 0.339 e. The highest BCUT2D eigenvalue weighted by atomic mass is 19.1. The highest BCUT2D eigenvalue weighted by Crippen LogP contribution is 2.22. The lowest BCUT2D eigenvalue weighted by Crippen LogP contribution is -2.17. The van der Waals surface area contributed by atoms with Gasteiger partial charge in [-0.2, -0.15) is 10.2 Å². The molecule has 0 spiro atoms. The third kappa shape index (κ3) is 3.85. The number of hydrogen-bond acceptors (Lipinski definition) is 5. The van der Waals surface area contributed by atoms with Crippen LogP contribution in [0.5, 0.6) is 5.75 Å². The first-order valence-corrected chi connectivity index (χ1v) is 8.27. The summed E-state index contributed by atoms with van der Waals surface area (Å²) in [7, 11) is 1.53. The number of nitrogens with one attached hydrogen (secondary N) is 1. The van der Waals surface area contributed by atoms with E-state index in [9.17, 15) is 19.1 Å². The molecule has 0 aliphatic heterocycles. The van der Waals surface area contributed by atoms with Crippen LogP contribution in [-0.2, 0) is 13.8 Å². The van der Waals surface area contributed by atoms with Crippen LogP contribution in [-0.4, -0.2) is 36.5 Å². The van der Waals surface area contributed by atoms with Crippen molar-refractivity contribution in [3.05, 3.63) is 58.9 Å². The Morgan fingerprint density at radius 3 is 2.71 bits per heavy atom. The molecule has 9 nitrogen and oxygen atoms in total. The average Bonchev–Trinajstić information content (AvgIpc) is 3.15. The first-order chi connectivity index (χ1) is 13.3. The highest BCUT2D eigenvalue weighted by Gasteiger charge is 2.23. The van der Waals surface area contributed by atoms with Gasteiger partial charge in [-0.25, -0.2) is 13.9 Å². The maximum Gasteiger partial charge on any atom is 0.339 e. The Labute approximate surface area is 159 Å². The fourth-order valence-electron chi connectivity index (χ4n) is 2.68. The lowest BCUT2D eigenvalue weighted by atomic mass is 10.2. The summed E-state index contributed by atoms with van der Waals surface area (Å²) >= 11 is 0. The lowest BCUT2D eigenvalue weighted by molar-refractivity contribution is 0.0692. The van der Waals surface area contributed by atoms with Crippen LogP contribution >= 0.6 is 0 Å². The molecule has 0 fully saturated rings. The molecule has 2 aromatic heterocycles. The summed E-state index contributed by atoms with van der Waals surface area (Å²) < 4.78 is 21.5. The van der Waals surface area contributed by atoms with Crippen LogP contribution in [0.1, 0.15) is 32.2 Å². The Morgan fingerprint density at radius 1 is 1.29 bits per heavy atom. The van der Waals surface area contributed by atoms with Gasteiger partial charge in [0.2, 0.25) is 0 Å². The number of ether oxygens (including phenoxy) is 1. The SMILES string of the molecule is Cc1nn(COc2cccc(F)c2)c(C)c1NC(=O)c1nn(C)cc1C(=O)O. The number of anilines is 1. The van der Waals surface area contributed by atoms with Crippen molar-refractivity contribution in [3.63, 3.8) is 0 Å². The number of aromatic nitrogens is 4. The third-order valence-electron chi connectivity index (χ3n) is 4.04. The minimum absolute atomic E-state index is 0.00988. The average molecular weight is 387 g/mol. The monoisotopic (exact) mass is 387 g/mol. The quantitative estimate of drug-likeness (QED) is 0.672. The number of hydrogen-bond donors (Lipinski definition) is 2. The van der Waals surface area contributed by atoms with E-state index in [1.807, 2.05) is 0 Å². The highest BCUT2D eigenvalue weighted by molar-refractivity contribution is 6.09. The van der Waals surface area contributed by atoms with E-state index in [0.29, 0.717) is 22.8 Å². The fourth-order valence-corrected chi connectivity index (χ4v) is 2.68. The molecular formula is C18H18FN5O4. The van der Waals surface area contributed by atoms with Gasteiger partial charge in [-0.1, -0.05) is 6.07 Å². The van der Waals surface area contributed by atoms with Gasteiger partial charge in [0.15, 0.2) is 12.4 Å². The van der Waals surface area contributed by atoms with Crippen molar-refractivity contribution in [2.24, 2.45) is 7.05 Å². The second-order valence-corrected chi connectivity index (χ2v) is 6.10. The van der Waals surface area contributed by atoms with Crippen LogP contribution in [0.3, 0.4) is 0 Å². The van der Waals surface area contributed by atoms with Crippen molar-refractivity contribution in [1.29, 1.82) is 0 Å². The first-order valence-electron chi connectivity index (χ1n) is 8.27. The number of carboxylic acid groups (broad SMARTS) is 1. The maximum atomic E-state index is 13.2. The van der Waals surface area contributed by atoms with E-state index in [4.69, 9.17) is 4.74 Å². The minimum Gasteiger partial charge on any atom is -0.478 e. The number of halogens is 1. The molecule has 0 atom stereocenters. The van der Waals surface area contributed by atoms with Crippen LogP contribution in [0, 0.1) is 19.7 Å². The van der Waals surface area contributed by atoms with Crippen LogP contribution in [0.25, 0.3) is 0 Å². The molecule has 3 aromatic rings. The molecule has 2 heterocycles. The number of carboxylic acids is 1. The summed E-state index contributed by atoms with van der Waals surface area (Å²) in [6, 6.07) is 5.71. The normalized spacial score (nSPS) is 10.7. The van der Waals surface area contributed by atoms with Crippen molar-refractivity contribution < 1.29 is 23.8 Å². The van der Waals surface area contributed by atoms with Gasteiger partial charge in [-0.3, -0.25) is 9.48 Å².